The molecule has 1 heterocycles. The Kier molecular flexibility index (Phi) is 5.21. The lowest BCUT2D eigenvalue weighted by Gasteiger charge is -2.22. The molecule has 1 aliphatic heterocycles. The lowest BCUT2D eigenvalue weighted by atomic mass is 10.1. The molecule has 0 spiro atoms. The number of nitrogens with two attached hydrogens (primary N) is 1. The Morgan fingerprint density at radius 2 is 2.33 bits per heavy atom. The van der Waals surface area contributed by atoms with Gasteiger partial charge in [-0.15, -0.1) is 0 Å². The van der Waals surface area contributed by atoms with Gasteiger partial charge in [0, 0.05) is 40.3 Å². The number of hydrogen-bond donors (Lipinski definition) is 2. The highest BCUT2D eigenvalue weighted by molar-refractivity contribution is 8.06. The van der Waals surface area contributed by atoms with Crippen LogP contribution in [0.1, 0.15) is 11.1 Å². The predicted octanol–water partition coefficient (Wildman–Crippen LogP) is 2.89. The zero-order valence-electron chi connectivity index (χ0n) is 10.4. The van der Waals surface area contributed by atoms with E-state index in [0.29, 0.717) is 10.2 Å². The first-order chi connectivity index (χ1) is 8.66. The van der Waals surface area contributed by atoms with Gasteiger partial charge in [0.15, 0.2) is 0 Å². The molecule has 18 heavy (non-hydrogen) atoms. The molecule has 5 heteroatoms. The first-order valence-corrected chi connectivity index (χ1v) is 8.61. The predicted molar refractivity (Wildman–Crippen MR) is 89.1 cm³/mol. The fourth-order valence-electron chi connectivity index (χ4n) is 1.89. The number of anilines is 1. The second-order valence-electron chi connectivity index (χ2n) is 4.36. The lowest BCUT2D eigenvalue weighted by molar-refractivity contribution is 1.00. The third-order valence-corrected chi connectivity index (χ3v) is 5.91. The topological polar surface area (TPSA) is 38.0 Å². The van der Waals surface area contributed by atoms with Crippen molar-refractivity contribution in [3.63, 3.8) is 0 Å². The van der Waals surface area contributed by atoms with E-state index in [1.165, 1.54) is 22.8 Å². The van der Waals surface area contributed by atoms with Gasteiger partial charge in [0.05, 0.1) is 0 Å². The summed E-state index contributed by atoms with van der Waals surface area (Å²) in [6.45, 7) is 3.04. The Balaban J connectivity index is 2.01. The Morgan fingerprint density at radius 1 is 1.50 bits per heavy atom. The number of hydrogen-bond acceptors (Lipinski definition) is 4. The van der Waals surface area contributed by atoms with Gasteiger partial charge in [0.1, 0.15) is 4.99 Å². The van der Waals surface area contributed by atoms with Crippen molar-refractivity contribution in [2.24, 2.45) is 5.73 Å². The van der Waals surface area contributed by atoms with Crippen molar-refractivity contribution in [3.8, 4) is 0 Å². The van der Waals surface area contributed by atoms with Crippen molar-refractivity contribution in [2.75, 3.05) is 29.1 Å². The van der Waals surface area contributed by atoms with Gasteiger partial charge < -0.3 is 11.1 Å². The van der Waals surface area contributed by atoms with Crippen LogP contribution in [0.2, 0.25) is 0 Å². The van der Waals surface area contributed by atoms with E-state index in [-0.39, 0.29) is 0 Å². The summed E-state index contributed by atoms with van der Waals surface area (Å²) in [5, 5.41) is 4.17. The molecule has 1 atom stereocenters. The zero-order chi connectivity index (χ0) is 13.0. The molecule has 1 saturated heterocycles. The zero-order valence-corrected chi connectivity index (χ0v) is 12.9. The van der Waals surface area contributed by atoms with E-state index in [1.54, 1.807) is 0 Å². The highest BCUT2D eigenvalue weighted by Gasteiger charge is 2.14. The van der Waals surface area contributed by atoms with Crippen LogP contribution >= 0.6 is 35.7 Å². The van der Waals surface area contributed by atoms with Crippen molar-refractivity contribution < 1.29 is 0 Å². The van der Waals surface area contributed by atoms with Crippen LogP contribution < -0.4 is 11.1 Å². The SMILES string of the molecule is Cc1ccc(NCC2CSCCS2)c(C(N)=S)c1. The van der Waals surface area contributed by atoms with Gasteiger partial charge in [0.2, 0.25) is 0 Å². The molecule has 1 fully saturated rings. The average molecular weight is 299 g/mol. The number of nitrogens with one attached hydrogen (secondary N) is 1. The Bertz CT molecular complexity index is 428. The third-order valence-electron chi connectivity index (χ3n) is 2.85. The minimum absolute atomic E-state index is 0.465. The number of rotatable bonds is 4. The van der Waals surface area contributed by atoms with E-state index in [0.717, 1.165) is 17.8 Å². The molecule has 3 N–H and O–H groups in total. The van der Waals surface area contributed by atoms with Gasteiger partial charge in [0.25, 0.3) is 0 Å². The second-order valence-corrected chi connectivity index (χ2v) is 7.36. The standard InChI is InChI=1S/C13H18N2S3/c1-9-2-3-12(11(6-9)13(14)16)15-7-10-8-17-4-5-18-10/h2-3,6,10,15H,4-5,7-8H2,1H3,(H2,14,16). The molecule has 0 radical (unpaired) electrons. The molecule has 1 unspecified atom stereocenters. The Labute approximate surface area is 122 Å². The molecule has 0 bridgehead atoms. The monoisotopic (exact) mass is 298 g/mol. The maximum atomic E-state index is 5.77. The quantitative estimate of drug-likeness (QED) is 0.836. The minimum Gasteiger partial charge on any atom is -0.389 e. The summed E-state index contributed by atoms with van der Waals surface area (Å²) in [7, 11) is 0. The van der Waals surface area contributed by atoms with E-state index in [4.69, 9.17) is 18.0 Å². The first-order valence-electron chi connectivity index (χ1n) is 6.00. The van der Waals surface area contributed by atoms with E-state index in [9.17, 15) is 0 Å². The van der Waals surface area contributed by atoms with Gasteiger partial charge in [-0.05, 0) is 19.1 Å². The fourth-order valence-corrected chi connectivity index (χ4v) is 4.68. The molecule has 1 aromatic carbocycles. The minimum atomic E-state index is 0.465. The van der Waals surface area contributed by atoms with Crippen LogP contribution in [-0.4, -0.2) is 34.0 Å². The van der Waals surface area contributed by atoms with Crippen LogP contribution in [0.5, 0.6) is 0 Å². The molecule has 1 aliphatic rings. The van der Waals surface area contributed by atoms with Gasteiger partial charge in [-0.25, -0.2) is 0 Å². The summed E-state index contributed by atoms with van der Waals surface area (Å²) in [5.41, 5.74) is 8.98. The molecule has 0 aromatic heterocycles. The van der Waals surface area contributed by atoms with E-state index >= 15 is 0 Å². The molecule has 0 aliphatic carbocycles. The second kappa shape index (κ2) is 6.68. The Hall–Kier alpha value is -0.390. The van der Waals surface area contributed by atoms with Crippen molar-refractivity contribution in [2.45, 2.75) is 12.2 Å². The van der Waals surface area contributed by atoms with Gasteiger partial charge in [-0.2, -0.15) is 23.5 Å². The first kappa shape index (κ1) is 14.0. The summed E-state index contributed by atoms with van der Waals surface area (Å²) in [6.07, 6.45) is 0. The normalized spacial score (nSPS) is 19.5. The van der Waals surface area contributed by atoms with Crippen LogP contribution in [0.3, 0.4) is 0 Å². The van der Waals surface area contributed by atoms with E-state index < -0.39 is 0 Å². The smallest absolute Gasteiger partial charge is 0.106 e. The molecular formula is C13H18N2S3. The number of thiocarbonyl (C=S) groups is 1. The summed E-state index contributed by atoms with van der Waals surface area (Å²) < 4.78 is 0. The number of thioether (sulfide) groups is 2. The average Bonchev–Trinajstić information content (AvgIpc) is 2.38. The van der Waals surface area contributed by atoms with E-state index in [2.05, 4.69) is 36.1 Å². The van der Waals surface area contributed by atoms with Crippen molar-refractivity contribution in [3.05, 3.63) is 29.3 Å². The molecule has 98 valence electrons. The van der Waals surface area contributed by atoms with E-state index in [1.807, 2.05) is 17.8 Å². The molecule has 2 nitrogen and oxygen atoms in total. The maximum absolute atomic E-state index is 5.77. The molecule has 2 rings (SSSR count). The molecular weight excluding hydrogens is 280 g/mol. The van der Waals surface area contributed by atoms with Crippen molar-refractivity contribution >= 4 is 46.4 Å². The lowest BCUT2D eigenvalue weighted by Crippen LogP contribution is -2.24. The highest BCUT2D eigenvalue weighted by Crippen LogP contribution is 2.25. The van der Waals surface area contributed by atoms with Crippen LogP contribution in [-0.2, 0) is 0 Å². The van der Waals surface area contributed by atoms with Crippen LogP contribution in [0.25, 0.3) is 0 Å². The van der Waals surface area contributed by atoms with Gasteiger partial charge >= 0.3 is 0 Å². The summed E-state index contributed by atoms with van der Waals surface area (Å²) >= 11 is 9.20. The third kappa shape index (κ3) is 3.80. The van der Waals surface area contributed by atoms with Crippen molar-refractivity contribution in [1.29, 1.82) is 0 Å². The summed E-state index contributed by atoms with van der Waals surface area (Å²) in [6, 6.07) is 6.21. The summed E-state index contributed by atoms with van der Waals surface area (Å²) in [5.74, 6) is 3.77. The van der Waals surface area contributed by atoms with Crippen LogP contribution in [0.4, 0.5) is 5.69 Å². The van der Waals surface area contributed by atoms with Crippen LogP contribution in [0.15, 0.2) is 18.2 Å². The molecule has 0 amide bonds. The number of benzene rings is 1. The van der Waals surface area contributed by atoms with Gasteiger partial charge in [-0.3, -0.25) is 0 Å². The largest absolute Gasteiger partial charge is 0.389 e. The maximum Gasteiger partial charge on any atom is 0.106 e. The molecule has 0 saturated carbocycles. The summed E-state index contributed by atoms with van der Waals surface area (Å²) in [4.78, 5) is 0.465. The van der Waals surface area contributed by atoms with Crippen LogP contribution in [0, 0.1) is 6.92 Å². The molecule has 1 aromatic rings. The van der Waals surface area contributed by atoms with Crippen molar-refractivity contribution in [1.82, 2.24) is 0 Å². The highest BCUT2D eigenvalue weighted by atomic mass is 32.2. The Morgan fingerprint density at radius 3 is 3.00 bits per heavy atom. The van der Waals surface area contributed by atoms with Gasteiger partial charge in [-0.1, -0.05) is 23.8 Å². The fraction of sp³-hybridized carbons (Fsp3) is 0.462. The number of aryl methyl sites for hydroxylation is 1.